The molecule has 0 aromatic carbocycles. The van der Waals surface area contributed by atoms with E-state index in [0.29, 0.717) is 0 Å². The van der Waals surface area contributed by atoms with Gasteiger partial charge in [-0.15, -0.1) is 5.48 Å². The minimum absolute atomic E-state index is 0.0226. The maximum atomic E-state index is 9.03. The first-order valence-corrected chi connectivity index (χ1v) is 3.08. The van der Waals surface area contributed by atoms with Gasteiger partial charge in [0, 0.05) is 0 Å². The van der Waals surface area contributed by atoms with Gasteiger partial charge in [-0.3, -0.25) is 0 Å². The molecule has 0 aromatic rings. The van der Waals surface area contributed by atoms with Gasteiger partial charge >= 0.3 is 5.95 Å². The summed E-state index contributed by atoms with van der Waals surface area (Å²) in [5.74, 6) is -0.0226. The number of rotatable bonds is 0. The summed E-state index contributed by atoms with van der Waals surface area (Å²) in [6, 6.07) is 0.0324. The minimum atomic E-state index is -0.0226. The summed E-state index contributed by atoms with van der Waals surface area (Å²) in [6.07, 6.45) is 7.50. The second-order valence-corrected chi connectivity index (χ2v) is 2.20. The standard InChI is InChI=1S/C7H7NO2/c9-7-5-3-1-2-4-6(5)8-10-7/h1-4,6,8-9H. The van der Waals surface area contributed by atoms with Gasteiger partial charge in [-0.1, -0.05) is 18.2 Å². The van der Waals surface area contributed by atoms with Crippen molar-refractivity contribution in [1.82, 2.24) is 5.48 Å². The number of nitrogens with one attached hydrogen (secondary N) is 1. The summed E-state index contributed by atoms with van der Waals surface area (Å²) in [5, 5.41) is 9.03. The Balaban J connectivity index is 2.39. The van der Waals surface area contributed by atoms with Crippen LogP contribution < -0.4 is 5.48 Å². The summed E-state index contributed by atoms with van der Waals surface area (Å²) in [5.41, 5.74) is 3.44. The lowest BCUT2D eigenvalue weighted by atomic mass is 10.1. The second kappa shape index (κ2) is 1.88. The number of hydrogen-bond acceptors (Lipinski definition) is 3. The number of hydroxylamine groups is 1. The molecule has 3 nitrogen and oxygen atoms in total. The van der Waals surface area contributed by atoms with Gasteiger partial charge in [-0.05, 0) is 6.08 Å². The normalized spacial score (nSPS) is 28.6. The van der Waals surface area contributed by atoms with Crippen molar-refractivity contribution in [1.29, 1.82) is 0 Å². The van der Waals surface area contributed by atoms with E-state index in [1.165, 1.54) is 0 Å². The molecule has 2 rings (SSSR count). The fraction of sp³-hybridized carbons (Fsp3) is 0.143. The molecular formula is C7H7NO2. The zero-order valence-corrected chi connectivity index (χ0v) is 5.24. The molecule has 0 aromatic heterocycles. The van der Waals surface area contributed by atoms with E-state index in [-0.39, 0.29) is 12.0 Å². The first-order chi connectivity index (χ1) is 4.88. The Kier molecular flexibility index (Phi) is 1.05. The van der Waals surface area contributed by atoms with Crippen LogP contribution in [0.15, 0.2) is 35.8 Å². The van der Waals surface area contributed by atoms with Gasteiger partial charge in [-0.2, -0.15) is 0 Å². The van der Waals surface area contributed by atoms with Crippen LogP contribution in [0.2, 0.25) is 0 Å². The monoisotopic (exact) mass is 137 g/mol. The summed E-state index contributed by atoms with van der Waals surface area (Å²) < 4.78 is 0. The molecule has 0 radical (unpaired) electrons. The molecule has 1 aliphatic carbocycles. The highest BCUT2D eigenvalue weighted by Gasteiger charge is 2.23. The van der Waals surface area contributed by atoms with Gasteiger partial charge in [0.25, 0.3) is 0 Å². The molecule has 3 heteroatoms. The van der Waals surface area contributed by atoms with E-state index in [2.05, 4.69) is 10.3 Å². The third-order valence-electron chi connectivity index (χ3n) is 1.56. The highest BCUT2D eigenvalue weighted by atomic mass is 16.7. The molecule has 10 heavy (non-hydrogen) atoms. The van der Waals surface area contributed by atoms with Crippen LogP contribution in [0.3, 0.4) is 0 Å². The van der Waals surface area contributed by atoms with Crippen LogP contribution in [0.4, 0.5) is 0 Å². The zero-order valence-electron chi connectivity index (χ0n) is 5.24. The maximum absolute atomic E-state index is 9.03. The number of hydrogen-bond donors (Lipinski definition) is 2. The Labute approximate surface area is 58.3 Å². The molecule has 0 fully saturated rings. The molecule has 52 valence electrons. The fourth-order valence-corrected chi connectivity index (χ4v) is 1.03. The molecule has 0 saturated carbocycles. The van der Waals surface area contributed by atoms with Gasteiger partial charge in [0.05, 0.1) is 11.6 Å². The summed E-state index contributed by atoms with van der Waals surface area (Å²) in [4.78, 5) is 4.68. The number of allylic oxidation sites excluding steroid dienone is 2. The minimum Gasteiger partial charge on any atom is -0.480 e. The lowest BCUT2D eigenvalue weighted by Crippen LogP contribution is -2.21. The van der Waals surface area contributed by atoms with Gasteiger partial charge in [0.15, 0.2) is 0 Å². The number of aliphatic hydroxyl groups is 1. The third-order valence-corrected chi connectivity index (χ3v) is 1.56. The Bertz CT molecular complexity index is 240. The van der Waals surface area contributed by atoms with Gasteiger partial charge in [0.1, 0.15) is 0 Å². The SMILES string of the molecule is OC1=C2C=CC=CC2NO1. The fourth-order valence-electron chi connectivity index (χ4n) is 1.03. The zero-order chi connectivity index (χ0) is 6.97. The lowest BCUT2D eigenvalue weighted by molar-refractivity contribution is 0.0429. The van der Waals surface area contributed by atoms with Crippen molar-refractivity contribution in [3.63, 3.8) is 0 Å². The molecule has 0 spiro atoms. The molecule has 2 N–H and O–H groups in total. The van der Waals surface area contributed by atoms with Crippen LogP contribution in [-0.2, 0) is 4.84 Å². The van der Waals surface area contributed by atoms with Crippen molar-refractivity contribution in [2.75, 3.05) is 0 Å². The Morgan fingerprint density at radius 3 is 3.20 bits per heavy atom. The van der Waals surface area contributed by atoms with E-state index in [1.807, 2.05) is 24.3 Å². The molecule has 0 amide bonds. The quantitative estimate of drug-likeness (QED) is 0.518. The molecule has 0 bridgehead atoms. The predicted molar refractivity (Wildman–Crippen MR) is 35.9 cm³/mol. The smallest absolute Gasteiger partial charge is 0.302 e. The number of fused-ring (bicyclic) bond motifs is 1. The van der Waals surface area contributed by atoms with Gasteiger partial charge in [0.2, 0.25) is 0 Å². The van der Waals surface area contributed by atoms with E-state index in [1.54, 1.807) is 0 Å². The van der Waals surface area contributed by atoms with Crippen molar-refractivity contribution >= 4 is 0 Å². The lowest BCUT2D eigenvalue weighted by Gasteiger charge is -2.04. The van der Waals surface area contributed by atoms with Crippen LogP contribution in [0.25, 0.3) is 0 Å². The first kappa shape index (κ1) is 5.56. The van der Waals surface area contributed by atoms with E-state index in [4.69, 9.17) is 5.11 Å². The van der Waals surface area contributed by atoms with E-state index in [9.17, 15) is 0 Å². The molecule has 1 aliphatic heterocycles. The summed E-state index contributed by atoms with van der Waals surface area (Å²) in [7, 11) is 0. The summed E-state index contributed by atoms with van der Waals surface area (Å²) >= 11 is 0. The predicted octanol–water partition coefficient (Wildman–Crippen LogP) is 0.785. The first-order valence-electron chi connectivity index (χ1n) is 3.08. The molecule has 1 unspecified atom stereocenters. The van der Waals surface area contributed by atoms with Crippen LogP contribution in [-0.4, -0.2) is 11.1 Å². The van der Waals surface area contributed by atoms with Crippen molar-refractivity contribution in [3.8, 4) is 0 Å². The van der Waals surface area contributed by atoms with Gasteiger partial charge in [-0.25, -0.2) is 0 Å². The highest BCUT2D eigenvalue weighted by molar-refractivity contribution is 5.37. The van der Waals surface area contributed by atoms with Crippen molar-refractivity contribution in [2.45, 2.75) is 6.04 Å². The van der Waals surface area contributed by atoms with Crippen molar-refractivity contribution in [3.05, 3.63) is 35.8 Å². The average Bonchev–Trinajstić information content (AvgIpc) is 2.34. The van der Waals surface area contributed by atoms with E-state index >= 15 is 0 Å². The molecular weight excluding hydrogens is 130 g/mol. The van der Waals surface area contributed by atoms with E-state index < -0.39 is 0 Å². The summed E-state index contributed by atoms with van der Waals surface area (Å²) in [6.45, 7) is 0. The molecule has 2 aliphatic rings. The molecule has 1 heterocycles. The van der Waals surface area contributed by atoms with Crippen LogP contribution in [0, 0.1) is 0 Å². The number of aliphatic hydroxyl groups excluding tert-OH is 1. The van der Waals surface area contributed by atoms with Gasteiger partial charge < -0.3 is 9.94 Å². The Morgan fingerprint density at radius 1 is 1.50 bits per heavy atom. The largest absolute Gasteiger partial charge is 0.480 e. The Morgan fingerprint density at radius 2 is 2.40 bits per heavy atom. The van der Waals surface area contributed by atoms with Crippen LogP contribution in [0.5, 0.6) is 0 Å². The van der Waals surface area contributed by atoms with E-state index in [0.717, 1.165) is 5.57 Å². The molecule has 0 saturated heterocycles. The van der Waals surface area contributed by atoms with Crippen molar-refractivity contribution < 1.29 is 9.94 Å². The van der Waals surface area contributed by atoms with Crippen LogP contribution >= 0.6 is 0 Å². The topological polar surface area (TPSA) is 41.5 Å². The second-order valence-electron chi connectivity index (χ2n) is 2.20. The van der Waals surface area contributed by atoms with Crippen molar-refractivity contribution in [2.24, 2.45) is 0 Å². The average molecular weight is 137 g/mol. The highest BCUT2D eigenvalue weighted by Crippen LogP contribution is 2.20. The molecule has 1 atom stereocenters. The third kappa shape index (κ3) is 0.642. The van der Waals surface area contributed by atoms with Crippen LogP contribution in [0.1, 0.15) is 0 Å². The Hall–Kier alpha value is -1.22. The maximum Gasteiger partial charge on any atom is 0.302 e.